The maximum absolute atomic E-state index is 4.72. The van der Waals surface area contributed by atoms with Gasteiger partial charge >= 0.3 is 0 Å². The number of rotatable bonds is 10. The van der Waals surface area contributed by atoms with Crippen LogP contribution in [0.3, 0.4) is 0 Å². The number of nitrogens with zero attached hydrogens (tertiary/aromatic N) is 6. The summed E-state index contributed by atoms with van der Waals surface area (Å²) in [6.07, 6.45) is 3.80. The Bertz CT molecular complexity index is 969. The number of thiazole rings is 1. The van der Waals surface area contributed by atoms with Crippen LogP contribution in [0.4, 0.5) is 5.69 Å². The summed E-state index contributed by atoms with van der Waals surface area (Å²) in [5.41, 5.74) is 1.23. The smallest absolute Gasteiger partial charge is 0.191 e. The van der Waals surface area contributed by atoms with Gasteiger partial charge in [0.1, 0.15) is 12.4 Å². The Kier molecular flexibility index (Phi) is 10.9. The van der Waals surface area contributed by atoms with Crippen molar-refractivity contribution in [3.63, 3.8) is 0 Å². The predicted molar refractivity (Wildman–Crippen MR) is 143 cm³/mol. The zero-order valence-corrected chi connectivity index (χ0v) is 22.4. The van der Waals surface area contributed by atoms with Gasteiger partial charge < -0.3 is 20.1 Å². The van der Waals surface area contributed by atoms with Crippen LogP contribution < -0.4 is 15.5 Å². The molecular weight excluding hydrogens is 535 g/mol. The van der Waals surface area contributed by atoms with Gasteiger partial charge in [-0.3, -0.25) is 0 Å². The first-order valence-electron chi connectivity index (χ1n) is 10.6. The molecule has 174 valence electrons. The molecule has 2 aromatic heterocycles. The molecule has 0 saturated heterocycles. The fourth-order valence-corrected chi connectivity index (χ4v) is 3.84. The molecule has 1 aromatic carbocycles. The van der Waals surface area contributed by atoms with E-state index < -0.39 is 0 Å². The summed E-state index contributed by atoms with van der Waals surface area (Å²) in [7, 11) is 4.08. The minimum Gasteiger partial charge on any atom is -0.375 e. The molecule has 0 aliphatic heterocycles. The summed E-state index contributed by atoms with van der Waals surface area (Å²) in [4.78, 5) is 12.7. The SMILES string of the molecule is Cc1cnc(CCNC(=NCc2nnc(C)n2C)NCCCN(C)c2ccccc2)s1.I. The van der Waals surface area contributed by atoms with E-state index in [0.29, 0.717) is 6.54 Å². The molecule has 2 N–H and O–H groups in total. The topological polar surface area (TPSA) is 83.3 Å². The Hall–Kier alpha value is -2.21. The molecule has 2 heterocycles. The average Bonchev–Trinajstić information content (AvgIpc) is 3.34. The molecule has 0 radical (unpaired) electrons. The summed E-state index contributed by atoms with van der Waals surface area (Å²) in [5, 5.41) is 16.3. The Morgan fingerprint density at radius 2 is 1.88 bits per heavy atom. The number of halogens is 1. The standard InChI is InChI=1S/C22H32N8S.HI/c1-17-15-25-21(31-17)11-13-24-22(26-16-20-28-27-18(2)30(20)4)23-12-8-14-29(3)19-9-6-5-7-10-19;/h5-7,9-10,15H,8,11-14,16H2,1-4H3,(H2,23,24,26);1H. The summed E-state index contributed by atoms with van der Waals surface area (Å²) in [6.45, 7) is 7.07. The third-order valence-corrected chi connectivity index (χ3v) is 5.99. The first kappa shape index (κ1) is 26.0. The zero-order valence-electron chi connectivity index (χ0n) is 19.2. The van der Waals surface area contributed by atoms with Crippen LogP contribution in [0.2, 0.25) is 0 Å². The molecule has 0 saturated carbocycles. The molecule has 0 unspecified atom stereocenters. The normalized spacial score (nSPS) is 11.2. The van der Waals surface area contributed by atoms with Gasteiger partial charge in [-0.1, -0.05) is 18.2 Å². The number of hydrogen-bond acceptors (Lipinski definition) is 6. The number of aryl methyl sites for hydroxylation is 2. The van der Waals surface area contributed by atoms with Crippen molar-refractivity contribution in [2.75, 3.05) is 31.6 Å². The highest BCUT2D eigenvalue weighted by atomic mass is 127. The number of aliphatic imine (C=N–C) groups is 1. The van der Waals surface area contributed by atoms with E-state index in [0.717, 1.165) is 55.1 Å². The number of aromatic nitrogens is 4. The first-order chi connectivity index (χ1) is 15.0. The largest absolute Gasteiger partial charge is 0.375 e. The first-order valence-corrected chi connectivity index (χ1v) is 11.4. The monoisotopic (exact) mass is 568 g/mol. The van der Waals surface area contributed by atoms with Crippen molar-refractivity contribution in [2.24, 2.45) is 12.0 Å². The van der Waals surface area contributed by atoms with Crippen LogP contribution in [0, 0.1) is 13.8 Å². The highest BCUT2D eigenvalue weighted by molar-refractivity contribution is 14.0. The maximum Gasteiger partial charge on any atom is 0.191 e. The van der Waals surface area contributed by atoms with Crippen LogP contribution in [0.5, 0.6) is 0 Å². The number of hydrogen-bond donors (Lipinski definition) is 2. The van der Waals surface area contributed by atoms with Crippen molar-refractivity contribution < 1.29 is 0 Å². The quantitative estimate of drug-likeness (QED) is 0.169. The van der Waals surface area contributed by atoms with E-state index in [4.69, 9.17) is 4.99 Å². The number of guanidine groups is 1. The van der Waals surface area contributed by atoms with Crippen LogP contribution >= 0.6 is 35.3 Å². The number of anilines is 1. The summed E-state index contributed by atoms with van der Waals surface area (Å²) in [5.74, 6) is 2.52. The highest BCUT2D eigenvalue weighted by Crippen LogP contribution is 2.11. The van der Waals surface area contributed by atoms with E-state index in [-0.39, 0.29) is 24.0 Å². The van der Waals surface area contributed by atoms with Gasteiger partial charge in [-0.15, -0.1) is 45.5 Å². The van der Waals surface area contributed by atoms with Gasteiger partial charge in [-0.25, -0.2) is 9.98 Å². The maximum atomic E-state index is 4.72. The van der Waals surface area contributed by atoms with Gasteiger partial charge in [0.05, 0.1) is 5.01 Å². The van der Waals surface area contributed by atoms with E-state index in [2.05, 4.69) is 69.0 Å². The third kappa shape index (κ3) is 8.05. The Balaban J connectivity index is 0.00000363. The molecule has 3 aromatic rings. The predicted octanol–water partition coefficient (Wildman–Crippen LogP) is 3.31. The van der Waals surface area contributed by atoms with Gasteiger partial charge in [0.25, 0.3) is 0 Å². The average molecular weight is 569 g/mol. The molecule has 0 aliphatic rings. The van der Waals surface area contributed by atoms with E-state index in [9.17, 15) is 0 Å². The second-order valence-electron chi connectivity index (χ2n) is 7.47. The molecule has 10 heteroatoms. The molecule has 0 atom stereocenters. The van der Waals surface area contributed by atoms with Gasteiger partial charge in [0, 0.05) is 56.9 Å². The molecule has 3 rings (SSSR count). The van der Waals surface area contributed by atoms with Crippen LogP contribution in [0.1, 0.15) is 28.0 Å². The highest BCUT2D eigenvalue weighted by Gasteiger charge is 2.06. The van der Waals surface area contributed by atoms with Crippen molar-refractivity contribution in [2.45, 2.75) is 33.2 Å². The van der Waals surface area contributed by atoms with Crippen LogP contribution in [-0.2, 0) is 20.0 Å². The second kappa shape index (κ2) is 13.4. The summed E-state index contributed by atoms with van der Waals surface area (Å²) in [6, 6.07) is 10.4. The van der Waals surface area contributed by atoms with Crippen LogP contribution in [0.25, 0.3) is 0 Å². The fraction of sp³-hybridized carbons (Fsp3) is 0.455. The number of benzene rings is 1. The minimum atomic E-state index is 0. The Morgan fingerprint density at radius 1 is 1.12 bits per heavy atom. The van der Waals surface area contributed by atoms with Crippen molar-refractivity contribution >= 4 is 47.0 Å². The summed E-state index contributed by atoms with van der Waals surface area (Å²) >= 11 is 1.74. The molecule has 0 fully saturated rings. The van der Waals surface area contributed by atoms with Gasteiger partial charge in [0.15, 0.2) is 11.8 Å². The van der Waals surface area contributed by atoms with Crippen molar-refractivity contribution in [3.05, 3.63) is 58.1 Å². The lowest BCUT2D eigenvalue weighted by Gasteiger charge is -2.19. The molecule has 0 aliphatic carbocycles. The lowest BCUT2D eigenvalue weighted by Crippen LogP contribution is -2.39. The summed E-state index contributed by atoms with van der Waals surface area (Å²) < 4.78 is 1.97. The molecule has 0 bridgehead atoms. The molecule has 32 heavy (non-hydrogen) atoms. The lowest BCUT2D eigenvalue weighted by atomic mass is 10.3. The van der Waals surface area contributed by atoms with E-state index in [1.54, 1.807) is 11.3 Å². The van der Waals surface area contributed by atoms with Gasteiger partial charge in [-0.2, -0.15) is 0 Å². The van der Waals surface area contributed by atoms with Crippen molar-refractivity contribution in [1.29, 1.82) is 0 Å². The van der Waals surface area contributed by atoms with Crippen LogP contribution in [0.15, 0.2) is 41.5 Å². The zero-order chi connectivity index (χ0) is 22.1. The lowest BCUT2D eigenvalue weighted by molar-refractivity contribution is 0.715. The molecular formula is C22H33IN8S. The van der Waals surface area contributed by atoms with Crippen LogP contribution in [-0.4, -0.2) is 52.4 Å². The molecule has 0 spiro atoms. The minimum absolute atomic E-state index is 0. The third-order valence-electron chi connectivity index (χ3n) is 5.02. The van der Waals surface area contributed by atoms with E-state index in [1.165, 1.54) is 10.6 Å². The second-order valence-corrected chi connectivity index (χ2v) is 8.79. The van der Waals surface area contributed by atoms with Crippen molar-refractivity contribution in [3.8, 4) is 0 Å². The number of nitrogens with one attached hydrogen (secondary N) is 2. The van der Waals surface area contributed by atoms with E-state index in [1.807, 2.05) is 30.8 Å². The Morgan fingerprint density at radius 3 is 2.53 bits per heavy atom. The Labute approximate surface area is 211 Å². The molecule has 8 nitrogen and oxygen atoms in total. The van der Waals surface area contributed by atoms with Gasteiger partial charge in [-0.05, 0) is 32.4 Å². The molecule has 0 amide bonds. The van der Waals surface area contributed by atoms with Crippen molar-refractivity contribution in [1.82, 2.24) is 30.4 Å². The van der Waals surface area contributed by atoms with E-state index >= 15 is 0 Å². The number of para-hydroxylation sites is 1. The fourth-order valence-electron chi connectivity index (χ4n) is 3.05. The van der Waals surface area contributed by atoms with Gasteiger partial charge in [0.2, 0.25) is 0 Å².